The summed E-state index contributed by atoms with van der Waals surface area (Å²) in [5.74, 6) is -0.115. The van der Waals surface area contributed by atoms with E-state index in [-0.39, 0.29) is 5.97 Å². The highest BCUT2D eigenvalue weighted by Gasteiger charge is 1.98. The van der Waals surface area contributed by atoms with Gasteiger partial charge in [-0.15, -0.1) is 0 Å². The summed E-state index contributed by atoms with van der Waals surface area (Å²) in [6, 6.07) is 0. The summed E-state index contributed by atoms with van der Waals surface area (Å²) in [6.07, 6.45) is 1.36. The van der Waals surface area contributed by atoms with Crippen molar-refractivity contribution in [3.05, 3.63) is 0 Å². The minimum absolute atomic E-state index is 0.115. The molecule has 0 aromatic carbocycles. The van der Waals surface area contributed by atoms with Gasteiger partial charge in [0.05, 0.1) is 13.0 Å². The Hall–Kier alpha value is -0.570. The Kier molecular flexibility index (Phi) is 6.18. The van der Waals surface area contributed by atoms with Gasteiger partial charge in [0.25, 0.3) is 0 Å². The highest BCUT2D eigenvalue weighted by molar-refractivity contribution is 5.69. The first kappa shape index (κ1) is 9.43. The second-order valence-electron chi connectivity index (χ2n) is 2.07. The number of nitrogens with one attached hydrogen (secondary N) is 1. The number of ether oxygens (including phenoxy) is 1. The van der Waals surface area contributed by atoms with Crippen molar-refractivity contribution in [3.63, 3.8) is 0 Å². The van der Waals surface area contributed by atoms with Crippen molar-refractivity contribution in [1.29, 1.82) is 0 Å². The van der Waals surface area contributed by atoms with Crippen LogP contribution < -0.4 is 5.32 Å². The lowest BCUT2D eigenvalue weighted by atomic mass is 10.4. The third-order valence-electron chi connectivity index (χ3n) is 1.05. The van der Waals surface area contributed by atoms with Crippen molar-refractivity contribution in [2.24, 2.45) is 0 Å². The smallest absolute Gasteiger partial charge is 0.307 e. The Morgan fingerprint density at radius 2 is 2.30 bits per heavy atom. The normalized spacial score (nSPS) is 9.40. The molecule has 0 aromatic heterocycles. The van der Waals surface area contributed by atoms with Crippen molar-refractivity contribution in [1.82, 2.24) is 5.32 Å². The van der Waals surface area contributed by atoms with Crippen molar-refractivity contribution in [3.8, 4) is 0 Å². The van der Waals surface area contributed by atoms with Gasteiger partial charge in [0.1, 0.15) is 0 Å². The molecule has 0 aromatic rings. The summed E-state index contributed by atoms with van der Waals surface area (Å²) in [6.45, 7) is 3.22. The molecular formula is C7H15NO2. The molecule has 0 rings (SSSR count). The van der Waals surface area contributed by atoms with Crippen LogP contribution >= 0.6 is 0 Å². The predicted octanol–water partition coefficient (Wildman–Crippen LogP) is 0.549. The number of carbonyl (C=O) groups is 1. The van der Waals surface area contributed by atoms with Crippen molar-refractivity contribution in [2.75, 3.05) is 20.2 Å². The predicted molar refractivity (Wildman–Crippen MR) is 39.8 cm³/mol. The largest absolute Gasteiger partial charge is 0.466 e. The zero-order chi connectivity index (χ0) is 7.82. The van der Waals surface area contributed by atoms with E-state index in [9.17, 15) is 4.79 Å². The second kappa shape index (κ2) is 6.55. The molecule has 0 atom stereocenters. The van der Waals surface area contributed by atoms with E-state index in [1.807, 2.05) is 14.0 Å². The Balaban J connectivity index is 3.09. The molecule has 0 aliphatic heterocycles. The molecule has 0 bridgehead atoms. The van der Waals surface area contributed by atoms with Crippen LogP contribution in [0.3, 0.4) is 0 Å². The Morgan fingerprint density at radius 1 is 1.60 bits per heavy atom. The second-order valence-corrected chi connectivity index (χ2v) is 2.07. The van der Waals surface area contributed by atoms with Crippen LogP contribution in [-0.2, 0) is 9.53 Å². The van der Waals surface area contributed by atoms with Crippen LogP contribution in [0.15, 0.2) is 0 Å². The molecule has 0 saturated heterocycles. The van der Waals surface area contributed by atoms with Crippen LogP contribution in [0.1, 0.15) is 19.8 Å². The molecule has 0 saturated carbocycles. The fourth-order valence-corrected chi connectivity index (χ4v) is 0.515. The first-order valence-electron chi connectivity index (χ1n) is 3.61. The third-order valence-corrected chi connectivity index (χ3v) is 1.05. The average Bonchev–Trinajstić information content (AvgIpc) is 1.97. The quantitative estimate of drug-likeness (QED) is 0.574. The molecule has 0 aliphatic rings. The van der Waals surface area contributed by atoms with Crippen LogP contribution in [0, 0.1) is 0 Å². The zero-order valence-corrected chi connectivity index (χ0v) is 6.64. The highest BCUT2D eigenvalue weighted by Crippen LogP contribution is 1.86. The fourth-order valence-electron chi connectivity index (χ4n) is 0.515. The number of esters is 1. The van der Waals surface area contributed by atoms with Crippen LogP contribution in [0.5, 0.6) is 0 Å². The van der Waals surface area contributed by atoms with Gasteiger partial charge in [-0.05, 0) is 13.5 Å². The molecule has 3 nitrogen and oxygen atoms in total. The molecule has 0 fully saturated rings. The minimum atomic E-state index is -0.115. The van der Waals surface area contributed by atoms with Crippen LogP contribution in [0.25, 0.3) is 0 Å². The molecule has 0 aliphatic carbocycles. The standard InChI is InChI=1S/C7H15NO2/c1-3-6-10-7(9)4-5-8-2/h8H,3-6H2,1-2H3. The number of hydrogen-bond donors (Lipinski definition) is 1. The van der Waals surface area contributed by atoms with Gasteiger partial charge >= 0.3 is 5.97 Å². The molecule has 10 heavy (non-hydrogen) atoms. The highest BCUT2D eigenvalue weighted by atomic mass is 16.5. The number of rotatable bonds is 5. The van der Waals surface area contributed by atoms with Crippen molar-refractivity contribution >= 4 is 5.97 Å². The van der Waals surface area contributed by atoms with Gasteiger partial charge in [0, 0.05) is 6.54 Å². The van der Waals surface area contributed by atoms with E-state index in [0.717, 1.165) is 6.42 Å². The maximum absolute atomic E-state index is 10.7. The number of carbonyl (C=O) groups excluding carboxylic acids is 1. The molecule has 0 spiro atoms. The Labute approximate surface area is 61.8 Å². The lowest BCUT2D eigenvalue weighted by Gasteiger charge is -2.00. The van der Waals surface area contributed by atoms with E-state index < -0.39 is 0 Å². The monoisotopic (exact) mass is 145 g/mol. The Bertz CT molecular complexity index is 83.6. The molecule has 60 valence electrons. The molecule has 0 amide bonds. The van der Waals surface area contributed by atoms with Crippen molar-refractivity contribution < 1.29 is 9.53 Å². The fraction of sp³-hybridized carbons (Fsp3) is 0.857. The topological polar surface area (TPSA) is 38.3 Å². The van der Waals surface area contributed by atoms with E-state index in [1.165, 1.54) is 0 Å². The first-order valence-corrected chi connectivity index (χ1v) is 3.61. The molecule has 0 radical (unpaired) electrons. The zero-order valence-electron chi connectivity index (χ0n) is 6.64. The third kappa shape index (κ3) is 5.56. The van der Waals surface area contributed by atoms with Gasteiger partial charge in [0.2, 0.25) is 0 Å². The van der Waals surface area contributed by atoms with Crippen LogP contribution in [0.4, 0.5) is 0 Å². The SMILES string of the molecule is CCCOC(=O)CCNC. The average molecular weight is 145 g/mol. The van der Waals surface area contributed by atoms with Gasteiger partial charge in [-0.2, -0.15) is 0 Å². The Morgan fingerprint density at radius 3 is 2.80 bits per heavy atom. The summed E-state index contributed by atoms with van der Waals surface area (Å²) in [5.41, 5.74) is 0. The van der Waals surface area contributed by atoms with Gasteiger partial charge in [-0.25, -0.2) is 0 Å². The summed E-state index contributed by atoms with van der Waals surface area (Å²) in [7, 11) is 1.81. The minimum Gasteiger partial charge on any atom is -0.466 e. The molecule has 0 heterocycles. The lowest BCUT2D eigenvalue weighted by molar-refractivity contribution is -0.143. The maximum Gasteiger partial charge on any atom is 0.307 e. The van der Waals surface area contributed by atoms with Gasteiger partial charge in [0.15, 0.2) is 0 Å². The van der Waals surface area contributed by atoms with E-state index in [0.29, 0.717) is 19.6 Å². The van der Waals surface area contributed by atoms with Crippen molar-refractivity contribution in [2.45, 2.75) is 19.8 Å². The molecule has 1 N–H and O–H groups in total. The summed E-state index contributed by atoms with van der Waals surface area (Å²) in [5, 5.41) is 2.87. The van der Waals surface area contributed by atoms with Gasteiger partial charge in [-0.3, -0.25) is 4.79 Å². The summed E-state index contributed by atoms with van der Waals surface area (Å²) in [4.78, 5) is 10.7. The van der Waals surface area contributed by atoms with E-state index in [2.05, 4.69) is 5.32 Å². The van der Waals surface area contributed by atoms with E-state index >= 15 is 0 Å². The van der Waals surface area contributed by atoms with E-state index in [1.54, 1.807) is 0 Å². The lowest BCUT2D eigenvalue weighted by Crippen LogP contribution is -2.15. The van der Waals surface area contributed by atoms with Crippen LogP contribution in [0.2, 0.25) is 0 Å². The molecular weight excluding hydrogens is 130 g/mol. The van der Waals surface area contributed by atoms with Crippen LogP contribution in [-0.4, -0.2) is 26.2 Å². The maximum atomic E-state index is 10.7. The van der Waals surface area contributed by atoms with E-state index in [4.69, 9.17) is 4.74 Å². The molecule has 0 unspecified atom stereocenters. The summed E-state index contributed by atoms with van der Waals surface area (Å²) >= 11 is 0. The van der Waals surface area contributed by atoms with Gasteiger partial charge in [-0.1, -0.05) is 6.92 Å². The summed E-state index contributed by atoms with van der Waals surface area (Å²) < 4.78 is 4.81. The number of hydrogen-bond acceptors (Lipinski definition) is 3. The first-order chi connectivity index (χ1) is 4.81. The van der Waals surface area contributed by atoms with Gasteiger partial charge < -0.3 is 10.1 Å². The molecule has 3 heteroatoms.